The van der Waals surface area contributed by atoms with Gasteiger partial charge in [0, 0.05) is 11.6 Å². The van der Waals surface area contributed by atoms with Crippen molar-refractivity contribution in [1.29, 1.82) is 0 Å². The van der Waals surface area contributed by atoms with E-state index in [1.54, 1.807) is 48.5 Å². The molecule has 0 saturated carbocycles. The van der Waals surface area contributed by atoms with Crippen LogP contribution in [0.3, 0.4) is 0 Å². The zero-order valence-electron chi connectivity index (χ0n) is 16.5. The van der Waals surface area contributed by atoms with Crippen molar-refractivity contribution in [3.05, 3.63) is 95.2 Å². The number of carbonyl (C=O) groups is 2. The molecule has 0 unspecified atom stereocenters. The van der Waals surface area contributed by atoms with Crippen LogP contribution in [0.25, 0.3) is 6.08 Å². The van der Waals surface area contributed by atoms with Crippen LogP contribution in [0.5, 0.6) is 17.2 Å². The van der Waals surface area contributed by atoms with Gasteiger partial charge in [-0.15, -0.1) is 0 Å². The number of ether oxygens (including phenoxy) is 3. The molecule has 5 heteroatoms. The third-order valence-electron chi connectivity index (χ3n) is 4.60. The zero-order valence-corrected chi connectivity index (χ0v) is 16.5. The molecule has 0 N–H and O–H groups in total. The molecule has 150 valence electrons. The summed E-state index contributed by atoms with van der Waals surface area (Å²) in [6.45, 7) is 2.43. The molecule has 0 saturated heterocycles. The largest absolute Gasteiger partial charge is 0.494 e. The monoisotopic (exact) mass is 400 g/mol. The summed E-state index contributed by atoms with van der Waals surface area (Å²) in [7, 11) is 0. The third kappa shape index (κ3) is 4.25. The van der Waals surface area contributed by atoms with Crippen molar-refractivity contribution in [3.63, 3.8) is 0 Å². The van der Waals surface area contributed by atoms with E-state index in [-0.39, 0.29) is 23.9 Å². The number of hydrogen-bond donors (Lipinski definition) is 0. The van der Waals surface area contributed by atoms with Gasteiger partial charge in [-0.25, -0.2) is 0 Å². The van der Waals surface area contributed by atoms with Crippen LogP contribution in [0.4, 0.5) is 0 Å². The van der Waals surface area contributed by atoms with Crippen LogP contribution in [0.1, 0.15) is 33.2 Å². The minimum absolute atomic E-state index is 0.0916. The predicted molar refractivity (Wildman–Crippen MR) is 113 cm³/mol. The van der Waals surface area contributed by atoms with Crippen molar-refractivity contribution in [1.82, 2.24) is 0 Å². The minimum Gasteiger partial charge on any atom is -0.494 e. The topological polar surface area (TPSA) is 61.8 Å². The molecule has 0 bridgehead atoms. The summed E-state index contributed by atoms with van der Waals surface area (Å²) in [5.74, 6) is 1.59. The summed E-state index contributed by atoms with van der Waals surface area (Å²) >= 11 is 0. The van der Waals surface area contributed by atoms with Crippen LogP contribution in [-0.4, -0.2) is 24.8 Å². The quantitative estimate of drug-likeness (QED) is 0.414. The van der Waals surface area contributed by atoms with Crippen LogP contribution >= 0.6 is 0 Å². The Kier molecular flexibility index (Phi) is 5.61. The Morgan fingerprint density at radius 3 is 2.40 bits per heavy atom. The molecule has 0 radical (unpaired) electrons. The molecule has 5 nitrogen and oxygen atoms in total. The van der Waals surface area contributed by atoms with E-state index in [1.807, 2.05) is 37.3 Å². The van der Waals surface area contributed by atoms with Gasteiger partial charge in [0.2, 0.25) is 5.78 Å². The molecule has 0 aromatic heterocycles. The van der Waals surface area contributed by atoms with Gasteiger partial charge in [-0.05, 0) is 42.8 Å². The molecule has 3 aromatic rings. The molecule has 0 amide bonds. The molecule has 1 aliphatic heterocycles. The van der Waals surface area contributed by atoms with Crippen molar-refractivity contribution in [2.75, 3.05) is 13.2 Å². The first-order valence-corrected chi connectivity index (χ1v) is 9.66. The average Bonchev–Trinajstić information content (AvgIpc) is 3.09. The highest BCUT2D eigenvalue weighted by Crippen LogP contribution is 2.35. The number of rotatable bonds is 7. The molecule has 0 fully saturated rings. The van der Waals surface area contributed by atoms with Gasteiger partial charge < -0.3 is 14.2 Å². The lowest BCUT2D eigenvalue weighted by Crippen LogP contribution is -2.11. The van der Waals surface area contributed by atoms with Crippen LogP contribution in [0, 0.1) is 0 Å². The first-order chi connectivity index (χ1) is 14.6. The summed E-state index contributed by atoms with van der Waals surface area (Å²) in [4.78, 5) is 24.8. The molecule has 0 atom stereocenters. The Hall–Kier alpha value is -3.86. The van der Waals surface area contributed by atoms with E-state index in [0.29, 0.717) is 29.2 Å². The highest BCUT2D eigenvalue weighted by molar-refractivity contribution is 6.14. The van der Waals surface area contributed by atoms with Gasteiger partial charge in [0.1, 0.15) is 17.2 Å². The molecular weight excluding hydrogens is 380 g/mol. The number of Topliss-reactive ketones (excluding diaryl/α,β-unsaturated/α-hetero) is 2. The normalized spacial score (nSPS) is 13.6. The second kappa shape index (κ2) is 8.66. The smallest absolute Gasteiger partial charge is 0.231 e. The maximum Gasteiger partial charge on any atom is 0.231 e. The van der Waals surface area contributed by atoms with Crippen LogP contribution in [0.2, 0.25) is 0 Å². The van der Waals surface area contributed by atoms with E-state index in [1.165, 1.54) is 0 Å². The van der Waals surface area contributed by atoms with Gasteiger partial charge in [-0.1, -0.05) is 42.5 Å². The number of allylic oxidation sites excluding steroid dienone is 1. The van der Waals surface area contributed by atoms with Crippen molar-refractivity contribution in [2.24, 2.45) is 0 Å². The molecule has 1 heterocycles. The van der Waals surface area contributed by atoms with Crippen molar-refractivity contribution in [2.45, 2.75) is 6.92 Å². The molecule has 4 rings (SSSR count). The Labute approximate surface area is 174 Å². The van der Waals surface area contributed by atoms with Gasteiger partial charge in [0.05, 0.1) is 12.2 Å². The lowest BCUT2D eigenvalue weighted by atomic mass is 10.1. The Balaban J connectivity index is 1.45. The van der Waals surface area contributed by atoms with E-state index < -0.39 is 0 Å². The van der Waals surface area contributed by atoms with Crippen LogP contribution in [-0.2, 0) is 0 Å². The summed E-state index contributed by atoms with van der Waals surface area (Å²) in [5.41, 5.74) is 1.89. The second-order valence-electron chi connectivity index (χ2n) is 6.68. The summed E-state index contributed by atoms with van der Waals surface area (Å²) in [5, 5.41) is 0. The second-order valence-corrected chi connectivity index (χ2v) is 6.68. The molecule has 0 spiro atoms. The Morgan fingerprint density at radius 2 is 1.67 bits per heavy atom. The van der Waals surface area contributed by atoms with E-state index >= 15 is 0 Å². The molecular formula is C25H20O5. The Morgan fingerprint density at radius 1 is 0.933 bits per heavy atom. The number of hydrogen-bond acceptors (Lipinski definition) is 5. The predicted octanol–water partition coefficient (Wildman–Crippen LogP) is 4.96. The van der Waals surface area contributed by atoms with Crippen molar-refractivity contribution >= 4 is 17.6 Å². The fourth-order valence-electron chi connectivity index (χ4n) is 3.09. The summed E-state index contributed by atoms with van der Waals surface area (Å²) in [6.07, 6.45) is 1.69. The first kappa shape index (κ1) is 19.5. The minimum atomic E-state index is -0.189. The molecule has 0 aliphatic carbocycles. The van der Waals surface area contributed by atoms with Gasteiger partial charge >= 0.3 is 0 Å². The summed E-state index contributed by atoms with van der Waals surface area (Å²) < 4.78 is 16.8. The zero-order chi connectivity index (χ0) is 20.9. The number of ketones is 2. The maximum absolute atomic E-state index is 12.6. The van der Waals surface area contributed by atoms with Gasteiger partial charge in [0.25, 0.3) is 0 Å². The number of carbonyl (C=O) groups excluding carboxylic acids is 2. The maximum atomic E-state index is 12.6. The fraction of sp³-hybridized carbons (Fsp3) is 0.120. The lowest BCUT2D eigenvalue weighted by Gasteiger charge is -2.07. The van der Waals surface area contributed by atoms with Gasteiger partial charge in [-0.3, -0.25) is 9.59 Å². The van der Waals surface area contributed by atoms with E-state index in [0.717, 1.165) is 11.3 Å². The van der Waals surface area contributed by atoms with Crippen LogP contribution in [0.15, 0.2) is 78.6 Å². The van der Waals surface area contributed by atoms with Gasteiger partial charge in [0.15, 0.2) is 18.1 Å². The van der Waals surface area contributed by atoms with Crippen molar-refractivity contribution < 1.29 is 23.8 Å². The van der Waals surface area contributed by atoms with Crippen LogP contribution < -0.4 is 14.2 Å². The van der Waals surface area contributed by atoms with E-state index in [2.05, 4.69) is 0 Å². The summed E-state index contributed by atoms with van der Waals surface area (Å²) in [6, 6.07) is 21.3. The standard InChI is InChI=1S/C25H20O5/c1-2-28-19-10-8-17(9-11-19)14-24-25(27)21-13-12-20(15-23(21)30-24)29-16-22(26)18-6-4-3-5-7-18/h3-15H,2,16H2,1H3. The third-order valence-corrected chi connectivity index (χ3v) is 4.60. The SMILES string of the molecule is CCOc1ccc(C=C2Oc3cc(OCC(=O)c4ccccc4)ccc3C2=O)cc1. The van der Waals surface area contributed by atoms with Crippen molar-refractivity contribution in [3.8, 4) is 17.2 Å². The van der Waals surface area contributed by atoms with E-state index in [4.69, 9.17) is 14.2 Å². The lowest BCUT2D eigenvalue weighted by molar-refractivity contribution is 0.0921. The highest BCUT2D eigenvalue weighted by atomic mass is 16.5. The average molecular weight is 400 g/mol. The molecule has 3 aromatic carbocycles. The number of fused-ring (bicyclic) bond motifs is 1. The molecule has 1 aliphatic rings. The fourth-order valence-corrected chi connectivity index (χ4v) is 3.09. The Bertz CT molecular complexity index is 1100. The first-order valence-electron chi connectivity index (χ1n) is 9.66. The van der Waals surface area contributed by atoms with Gasteiger partial charge in [-0.2, -0.15) is 0 Å². The highest BCUT2D eigenvalue weighted by Gasteiger charge is 2.27. The molecule has 30 heavy (non-hydrogen) atoms. The number of benzene rings is 3. The van der Waals surface area contributed by atoms with E-state index in [9.17, 15) is 9.59 Å².